The molecule has 2 aromatic rings. The fourth-order valence-electron chi connectivity index (χ4n) is 1.99. The second-order valence-corrected chi connectivity index (χ2v) is 5.87. The van der Waals surface area contributed by atoms with Crippen LogP contribution in [-0.4, -0.2) is 9.97 Å². The molecule has 6 heteroatoms. The Kier molecular flexibility index (Phi) is 3.58. The maximum absolute atomic E-state index is 5.55. The topological polar surface area (TPSA) is 75.9 Å². The monoisotopic (exact) mass is 333 g/mol. The second kappa shape index (κ2) is 5.38. The zero-order valence-corrected chi connectivity index (χ0v) is 12.7. The highest BCUT2D eigenvalue weighted by Crippen LogP contribution is 2.39. The molecule has 1 fully saturated rings. The number of aromatic nitrogens is 2. The van der Waals surface area contributed by atoms with Crippen molar-refractivity contribution in [1.29, 1.82) is 0 Å². The van der Waals surface area contributed by atoms with Crippen molar-refractivity contribution in [3.63, 3.8) is 0 Å². The molecule has 104 valence electrons. The third kappa shape index (κ3) is 2.76. The summed E-state index contributed by atoms with van der Waals surface area (Å²) in [5.74, 6) is 8.38. The van der Waals surface area contributed by atoms with E-state index in [9.17, 15) is 0 Å². The number of anilines is 3. The predicted octanol–water partition coefficient (Wildman–Crippen LogP) is 3.45. The number of hydrazine groups is 1. The van der Waals surface area contributed by atoms with E-state index in [0.717, 1.165) is 40.2 Å². The van der Waals surface area contributed by atoms with Crippen LogP contribution in [0, 0.1) is 6.92 Å². The molecule has 0 unspecified atom stereocenters. The van der Waals surface area contributed by atoms with Crippen molar-refractivity contribution < 1.29 is 0 Å². The summed E-state index contributed by atoms with van der Waals surface area (Å²) in [5.41, 5.74) is 4.56. The van der Waals surface area contributed by atoms with Crippen LogP contribution in [0.5, 0.6) is 0 Å². The molecule has 0 spiro atoms. The molecule has 0 bridgehead atoms. The van der Waals surface area contributed by atoms with Crippen LogP contribution in [0.3, 0.4) is 0 Å². The molecule has 0 radical (unpaired) electrons. The van der Waals surface area contributed by atoms with Crippen molar-refractivity contribution in [1.82, 2.24) is 9.97 Å². The average Bonchev–Trinajstić information content (AvgIpc) is 3.28. The first kappa shape index (κ1) is 13.3. The van der Waals surface area contributed by atoms with E-state index in [4.69, 9.17) is 5.84 Å². The van der Waals surface area contributed by atoms with Crippen molar-refractivity contribution in [2.24, 2.45) is 5.84 Å². The molecule has 1 heterocycles. The van der Waals surface area contributed by atoms with Gasteiger partial charge in [-0.25, -0.2) is 15.8 Å². The van der Waals surface area contributed by atoms with E-state index in [-0.39, 0.29) is 0 Å². The summed E-state index contributed by atoms with van der Waals surface area (Å²) < 4.78 is 1.05. The number of hydrogen-bond donors (Lipinski definition) is 3. The van der Waals surface area contributed by atoms with E-state index >= 15 is 0 Å². The van der Waals surface area contributed by atoms with Crippen LogP contribution in [0.4, 0.5) is 17.3 Å². The lowest BCUT2D eigenvalue weighted by molar-refractivity contribution is 0.920. The van der Waals surface area contributed by atoms with Crippen LogP contribution >= 0.6 is 15.9 Å². The molecular formula is C14H16BrN5. The molecule has 0 amide bonds. The van der Waals surface area contributed by atoms with Gasteiger partial charge in [0.25, 0.3) is 0 Å². The van der Waals surface area contributed by atoms with Gasteiger partial charge >= 0.3 is 0 Å². The summed E-state index contributed by atoms with van der Waals surface area (Å²) in [6, 6.07) is 7.97. The number of nitrogens with two attached hydrogens (primary N) is 1. The van der Waals surface area contributed by atoms with E-state index in [0.29, 0.717) is 11.7 Å². The summed E-state index contributed by atoms with van der Waals surface area (Å²) in [6.07, 6.45) is 2.32. The van der Waals surface area contributed by atoms with Crippen molar-refractivity contribution >= 4 is 33.3 Å². The Bertz CT molecular complexity index is 622. The van der Waals surface area contributed by atoms with Gasteiger partial charge in [0.1, 0.15) is 17.5 Å². The first-order valence-corrected chi connectivity index (χ1v) is 7.34. The van der Waals surface area contributed by atoms with Crippen molar-refractivity contribution in [2.45, 2.75) is 25.7 Å². The molecule has 0 saturated heterocycles. The van der Waals surface area contributed by atoms with Crippen LogP contribution in [0.1, 0.15) is 30.1 Å². The summed E-state index contributed by atoms with van der Waals surface area (Å²) in [4.78, 5) is 9.11. The Morgan fingerprint density at radius 2 is 1.80 bits per heavy atom. The average molecular weight is 334 g/mol. The molecule has 0 aliphatic heterocycles. The lowest BCUT2D eigenvalue weighted by atomic mass is 10.2. The second-order valence-electron chi connectivity index (χ2n) is 4.95. The maximum Gasteiger partial charge on any atom is 0.148 e. The normalized spacial score (nSPS) is 14.2. The quantitative estimate of drug-likeness (QED) is 0.590. The molecule has 1 aromatic carbocycles. The molecule has 5 nitrogen and oxygen atoms in total. The molecule has 20 heavy (non-hydrogen) atoms. The van der Waals surface area contributed by atoms with Gasteiger partial charge < -0.3 is 10.7 Å². The molecular weight excluding hydrogens is 318 g/mol. The van der Waals surface area contributed by atoms with E-state index in [1.165, 1.54) is 0 Å². The van der Waals surface area contributed by atoms with Gasteiger partial charge in [0.15, 0.2) is 0 Å². The number of nitrogens with one attached hydrogen (secondary N) is 2. The number of benzene rings is 1. The van der Waals surface area contributed by atoms with Gasteiger partial charge in [-0.15, -0.1) is 0 Å². The van der Waals surface area contributed by atoms with Crippen molar-refractivity contribution in [3.8, 4) is 0 Å². The summed E-state index contributed by atoms with van der Waals surface area (Å²) in [7, 11) is 0. The van der Waals surface area contributed by atoms with Crippen molar-refractivity contribution in [3.05, 3.63) is 40.1 Å². The smallest absolute Gasteiger partial charge is 0.148 e. The van der Waals surface area contributed by atoms with Gasteiger partial charge in [0.05, 0.1) is 0 Å². The zero-order valence-electron chi connectivity index (χ0n) is 11.2. The molecule has 1 aliphatic rings. The summed E-state index contributed by atoms with van der Waals surface area (Å²) in [6.45, 7) is 1.95. The number of halogens is 1. The van der Waals surface area contributed by atoms with Crippen LogP contribution in [0.25, 0.3) is 0 Å². The predicted molar refractivity (Wildman–Crippen MR) is 84.0 cm³/mol. The molecule has 1 aromatic heterocycles. The Hall–Kier alpha value is -1.66. The lowest BCUT2D eigenvalue weighted by Gasteiger charge is -2.13. The Balaban J connectivity index is 1.94. The number of nitrogens with zero attached hydrogens (tertiary/aromatic N) is 2. The standard InChI is InChI=1S/C14H16BrN5/c1-8-12(17-11-6-4-10(15)5-7-11)18-14(9-2-3-9)19-13(8)20-16/h4-7,9H,2-3,16H2,1H3,(H2,17,18,19,20). The highest BCUT2D eigenvalue weighted by molar-refractivity contribution is 9.10. The highest BCUT2D eigenvalue weighted by atomic mass is 79.9. The van der Waals surface area contributed by atoms with Crippen LogP contribution in [0.15, 0.2) is 28.7 Å². The minimum Gasteiger partial charge on any atom is -0.340 e. The molecule has 0 atom stereocenters. The molecule has 4 N–H and O–H groups in total. The summed E-state index contributed by atoms with van der Waals surface area (Å²) in [5, 5.41) is 3.33. The SMILES string of the molecule is Cc1c(NN)nc(C2CC2)nc1Nc1ccc(Br)cc1. The van der Waals surface area contributed by atoms with Gasteiger partial charge in [-0.2, -0.15) is 0 Å². The van der Waals surface area contributed by atoms with Crippen molar-refractivity contribution in [2.75, 3.05) is 10.7 Å². The maximum atomic E-state index is 5.55. The van der Waals surface area contributed by atoms with E-state index < -0.39 is 0 Å². The van der Waals surface area contributed by atoms with Gasteiger partial charge in [-0.3, -0.25) is 0 Å². The molecule has 3 rings (SSSR count). The Labute approximate surface area is 126 Å². The van der Waals surface area contributed by atoms with Crippen LogP contribution in [-0.2, 0) is 0 Å². The first-order chi connectivity index (χ1) is 9.67. The van der Waals surface area contributed by atoms with Crippen LogP contribution in [0.2, 0.25) is 0 Å². The number of hydrogen-bond acceptors (Lipinski definition) is 5. The lowest BCUT2D eigenvalue weighted by Crippen LogP contribution is -2.13. The number of rotatable bonds is 4. The van der Waals surface area contributed by atoms with E-state index in [1.54, 1.807) is 0 Å². The Morgan fingerprint density at radius 1 is 1.15 bits per heavy atom. The third-order valence-corrected chi connectivity index (χ3v) is 3.88. The van der Waals surface area contributed by atoms with E-state index in [1.807, 2.05) is 31.2 Å². The van der Waals surface area contributed by atoms with Gasteiger partial charge in [0, 0.05) is 21.6 Å². The first-order valence-electron chi connectivity index (χ1n) is 6.55. The molecule has 1 aliphatic carbocycles. The van der Waals surface area contributed by atoms with Crippen LogP contribution < -0.4 is 16.6 Å². The largest absolute Gasteiger partial charge is 0.340 e. The zero-order chi connectivity index (χ0) is 14.1. The highest BCUT2D eigenvalue weighted by Gasteiger charge is 2.28. The Morgan fingerprint density at radius 3 is 2.40 bits per heavy atom. The van der Waals surface area contributed by atoms with Gasteiger partial charge in [-0.1, -0.05) is 15.9 Å². The third-order valence-electron chi connectivity index (χ3n) is 3.35. The van der Waals surface area contributed by atoms with Gasteiger partial charge in [-0.05, 0) is 44.0 Å². The fraction of sp³-hybridized carbons (Fsp3) is 0.286. The number of nitrogen functional groups attached to an aromatic ring is 1. The summed E-state index contributed by atoms with van der Waals surface area (Å²) >= 11 is 3.43. The minimum absolute atomic E-state index is 0.480. The van der Waals surface area contributed by atoms with Gasteiger partial charge in [0.2, 0.25) is 0 Å². The minimum atomic E-state index is 0.480. The van der Waals surface area contributed by atoms with E-state index in [2.05, 4.69) is 36.6 Å². The fourth-order valence-corrected chi connectivity index (χ4v) is 2.25. The molecule has 1 saturated carbocycles.